The highest BCUT2D eigenvalue weighted by molar-refractivity contribution is 9.10. The molecule has 0 bridgehead atoms. The van der Waals surface area contributed by atoms with E-state index < -0.39 is 5.82 Å². The van der Waals surface area contributed by atoms with E-state index >= 15 is 0 Å². The summed E-state index contributed by atoms with van der Waals surface area (Å²) >= 11 is 10.4. The fraction of sp³-hybridized carbons (Fsp3) is 0.133. The Kier molecular flexibility index (Phi) is 5.64. The zero-order valence-corrected chi connectivity index (χ0v) is 13.6. The first-order chi connectivity index (χ1) is 9.54. The Bertz CT molecular complexity index is 616. The summed E-state index contributed by atoms with van der Waals surface area (Å²) in [7, 11) is 0. The monoisotopic (exact) mass is 372 g/mol. The Hall–Kier alpha value is -0.840. The van der Waals surface area contributed by atoms with Gasteiger partial charge in [0.25, 0.3) is 0 Å². The van der Waals surface area contributed by atoms with Crippen LogP contribution in [0.15, 0.2) is 51.8 Å². The number of carbonyl (C=O) groups is 1. The van der Waals surface area contributed by atoms with Gasteiger partial charge in [0, 0.05) is 15.8 Å². The van der Waals surface area contributed by atoms with Crippen molar-refractivity contribution in [2.24, 2.45) is 0 Å². The average Bonchev–Trinajstić information content (AvgIpc) is 2.42. The number of benzene rings is 2. The maximum Gasteiger partial charge on any atom is 0.147 e. The van der Waals surface area contributed by atoms with Crippen LogP contribution in [0.1, 0.15) is 5.56 Å². The summed E-state index contributed by atoms with van der Waals surface area (Å²) in [5, 5.41) is 0.0745. The Balaban J connectivity index is 1.89. The van der Waals surface area contributed by atoms with Crippen molar-refractivity contribution < 1.29 is 9.18 Å². The van der Waals surface area contributed by atoms with Crippen LogP contribution in [0, 0.1) is 5.82 Å². The molecule has 0 amide bonds. The van der Waals surface area contributed by atoms with Gasteiger partial charge in [-0.15, -0.1) is 11.8 Å². The van der Waals surface area contributed by atoms with Crippen LogP contribution in [0.4, 0.5) is 4.39 Å². The number of halogens is 3. The number of hydrogen-bond donors (Lipinski definition) is 0. The van der Waals surface area contributed by atoms with Crippen LogP contribution in [0.3, 0.4) is 0 Å². The van der Waals surface area contributed by atoms with E-state index in [1.165, 1.54) is 23.9 Å². The first-order valence-corrected chi connectivity index (χ1v) is 8.04. The van der Waals surface area contributed by atoms with Crippen molar-refractivity contribution in [3.05, 3.63) is 63.3 Å². The number of thioether (sulfide) groups is 1. The molecular formula is C15H11BrClFOS. The molecule has 0 N–H and O–H groups in total. The second-order valence-electron chi connectivity index (χ2n) is 4.21. The topological polar surface area (TPSA) is 17.1 Å². The van der Waals surface area contributed by atoms with E-state index in [0.717, 1.165) is 9.37 Å². The van der Waals surface area contributed by atoms with Gasteiger partial charge in [0.05, 0.1) is 10.8 Å². The molecule has 0 heterocycles. The molecule has 5 heteroatoms. The molecule has 0 saturated heterocycles. The second-order valence-corrected chi connectivity index (χ2v) is 6.58. The van der Waals surface area contributed by atoms with Gasteiger partial charge in [0.1, 0.15) is 11.6 Å². The highest BCUT2D eigenvalue weighted by Gasteiger charge is 2.07. The van der Waals surface area contributed by atoms with Crippen LogP contribution in [-0.2, 0) is 11.2 Å². The highest BCUT2D eigenvalue weighted by Crippen LogP contribution is 2.21. The molecule has 0 spiro atoms. The Morgan fingerprint density at radius 1 is 1.20 bits per heavy atom. The molecule has 0 unspecified atom stereocenters. The number of hydrogen-bond acceptors (Lipinski definition) is 2. The van der Waals surface area contributed by atoms with Gasteiger partial charge >= 0.3 is 0 Å². The van der Waals surface area contributed by atoms with Crippen molar-refractivity contribution >= 4 is 45.1 Å². The summed E-state index contributed by atoms with van der Waals surface area (Å²) < 4.78 is 14.3. The van der Waals surface area contributed by atoms with E-state index in [4.69, 9.17) is 11.6 Å². The minimum atomic E-state index is -0.488. The maximum atomic E-state index is 13.3. The molecule has 2 aromatic rings. The van der Waals surface area contributed by atoms with Crippen LogP contribution in [0.2, 0.25) is 5.02 Å². The molecule has 0 aliphatic carbocycles. The van der Waals surface area contributed by atoms with Crippen LogP contribution in [0.5, 0.6) is 0 Å². The van der Waals surface area contributed by atoms with Gasteiger partial charge in [-0.25, -0.2) is 4.39 Å². The molecule has 0 aromatic heterocycles. The molecule has 104 valence electrons. The smallest absolute Gasteiger partial charge is 0.147 e. The van der Waals surface area contributed by atoms with Gasteiger partial charge in [0.2, 0.25) is 0 Å². The van der Waals surface area contributed by atoms with Gasteiger partial charge in [-0.05, 0) is 42.0 Å². The number of rotatable bonds is 5. The Morgan fingerprint density at radius 2 is 1.90 bits per heavy atom. The first-order valence-electron chi connectivity index (χ1n) is 5.88. The molecule has 1 nitrogen and oxygen atoms in total. The predicted octanol–water partition coefficient (Wildman–Crippen LogP) is 5.15. The van der Waals surface area contributed by atoms with Gasteiger partial charge in [0.15, 0.2) is 0 Å². The van der Waals surface area contributed by atoms with Gasteiger partial charge < -0.3 is 0 Å². The van der Waals surface area contributed by atoms with Crippen molar-refractivity contribution in [1.29, 1.82) is 0 Å². The zero-order valence-electron chi connectivity index (χ0n) is 10.4. The van der Waals surface area contributed by atoms with E-state index in [0.29, 0.717) is 11.3 Å². The lowest BCUT2D eigenvalue weighted by Gasteiger charge is -2.03. The minimum absolute atomic E-state index is 0.0552. The summed E-state index contributed by atoms with van der Waals surface area (Å²) in [6.45, 7) is 0. The summed E-state index contributed by atoms with van der Waals surface area (Å²) in [5.74, 6) is -0.0662. The fourth-order valence-electron chi connectivity index (χ4n) is 1.62. The van der Waals surface area contributed by atoms with E-state index in [2.05, 4.69) is 15.9 Å². The van der Waals surface area contributed by atoms with E-state index in [9.17, 15) is 9.18 Å². The molecule has 0 aliphatic heterocycles. The normalized spacial score (nSPS) is 10.6. The molecule has 0 atom stereocenters. The average molecular weight is 374 g/mol. The van der Waals surface area contributed by atoms with Crippen molar-refractivity contribution in [3.8, 4) is 0 Å². The largest absolute Gasteiger partial charge is 0.298 e. The third-order valence-corrected chi connectivity index (χ3v) is 4.51. The lowest BCUT2D eigenvalue weighted by atomic mass is 10.1. The van der Waals surface area contributed by atoms with E-state index in [1.807, 2.05) is 24.3 Å². The van der Waals surface area contributed by atoms with Crippen LogP contribution >= 0.6 is 39.3 Å². The van der Waals surface area contributed by atoms with E-state index in [1.54, 1.807) is 6.07 Å². The molecule has 0 fully saturated rings. The molecule has 0 radical (unpaired) electrons. The molecule has 2 aromatic carbocycles. The number of ketones is 1. The standard InChI is InChI=1S/C15H11BrClFOS/c16-11-2-4-13(5-3-11)20-9-12(19)7-10-1-6-14(17)15(18)8-10/h1-6,8H,7,9H2. The van der Waals surface area contributed by atoms with Crippen molar-refractivity contribution in [3.63, 3.8) is 0 Å². The van der Waals surface area contributed by atoms with Gasteiger partial charge in [-0.3, -0.25) is 4.79 Å². The lowest BCUT2D eigenvalue weighted by molar-refractivity contribution is -0.116. The zero-order chi connectivity index (χ0) is 14.5. The fourth-order valence-corrected chi connectivity index (χ4v) is 2.76. The van der Waals surface area contributed by atoms with Crippen LogP contribution < -0.4 is 0 Å². The lowest BCUT2D eigenvalue weighted by Crippen LogP contribution is -2.05. The summed E-state index contributed by atoms with van der Waals surface area (Å²) in [6, 6.07) is 12.2. The third kappa shape index (κ3) is 4.62. The SMILES string of the molecule is O=C(CSc1ccc(Br)cc1)Cc1ccc(Cl)c(F)c1. The summed E-state index contributed by atoms with van der Waals surface area (Å²) in [4.78, 5) is 12.9. The van der Waals surface area contributed by atoms with Crippen molar-refractivity contribution in [2.45, 2.75) is 11.3 Å². The summed E-state index contributed by atoms with van der Waals surface area (Å²) in [5.41, 5.74) is 0.647. The Morgan fingerprint density at radius 3 is 2.55 bits per heavy atom. The Labute approximate surface area is 134 Å². The highest BCUT2D eigenvalue weighted by atomic mass is 79.9. The molecule has 0 aliphatic rings. The summed E-state index contributed by atoms with van der Waals surface area (Å²) in [6.07, 6.45) is 0.220. The molecule has 0 saturated carbocycles. The van der Waals surface area contributed by atoms with E-state index in [-0.39, 0.29) is 17.2 Å². The van der Waals surface area contributed by atoms with Gasteiger partial charge in [-0.2, -0.15) is 0 Å². The van der Waals surface area contributed by atoms with Crippen molar-refractivity contribution in [1.82, 2.24) is 0 Å². The maximum absolute atomic E-state index is 13.3. The molecule has 2 rings (SSSR count). The predicted molar refractivity (Wildman–Crippen MR) is 85.0 cm³/mol. The quantitative estimate of drug-likeness (QED) is 0.675. The number of Topliss-reactive ketones (excluding diaryl/α,β-unsaturated/α-hetero) is 1. The van der Waals surface area contributed by atoms with Crippen LogP contribution in [0.25, 0.3) is 0 Å². The third-order valence-electron chi connectivity index (χ3n) is 2.60. The van der Waals surface area contributed by atoms with Gasteiger partial charge in [-0.1, -0.05) is 33.6 Å². The number of carbonyl (C=O) groups excluding carboxylic acids is 1. The van der Waals surface area contributed by atoms with Crippen molar-refractivity contribution in [2.75, 3.05) is 5.75 Å². The second kappa shape index (κ2) is 7.25. The minimum Gasteiger partial charge on any atom is -0.298 e. The molecular weight excluding hydrogens is 363 g/mol. The first kappa shape index (κ1) is 15.5. The molecule has 20 heavy (non-hydrogen) atoms. The van der Waals surface area contributed by atoms with Crippen LogP contribution in [-0.4, -0.2) is 11.5 Å².